The van der Waals surface area contributed by atoms with Gasteiger partial charge in [0.25, 0.3) is 0 Å². The van der Waals surface area contributed by atoms with Gasteiger partial charge in [-0.3, -0.25) is 0 Å². The standard InChI is InChI=1S/C41H54FN7O4Si2/c1-9-11-14-53-38-20-30(10-2)33(21-34(38)42)31-12-13-32-36(19-31)49(28-52-16-18-55(6,7)8)45-39(32)40-44-35-25-47(41(50)46-23-29(22-43)24-46)26-37(35)48(40)27-51-15-17-54(3,4)5/h9,11-14,19-21,29H,1,10,15-18,23-28H2,2-8H3/b14-11-. The lowest BCUT2D eigenvalue weighted by Crippen LogP contribution is -2.53. The molecular formula is C41H54FN7O4Si2. The molecule has 4 aromatic rings. The van der Waals surface area contributed by atoms with Gasteiger partial charge in [-0.25, -0.2) is 18.9 Å². The summed E-state index contributed by atoms with van der Waals surface area (Å²) < 4.78 is 37.5. The first-order chi connectivity index (χ1) is 26.2. The molecular weight excluding hydrogens is 730 g/mol. The monoisotopic (exact) mass is 783 g/mol. The van der Waals surface area contributed by atoms with Crippen LogP contribution < -0.4 is 4.74 Å². The number of hydrogen-bond donors (Lipinski definition) is 0. The maximum Gasteiger partial charge on any atom is 0.320 e. The van der Waals surface area contributed by atoms with Gasteiger partial charge in [-0.15, -0.1) is 0 Å². The van der Waals surface area contributed by atoms with Crippen LogP contribution >= 0.6 is 0 Å². The van der Waals surface area contributed by atoms with Gasteiger partial charge in [0.05, 0.1) is 48.2 Å². The number of imidazole rings is 1. The van der Waals surface area contributed by atoms with E-state index in [1.165, 1.54) is 12.3 Å². The van der Waals surface area contributed by atoms with E-state index in [1.54, 1.807) is 28.0 Å². The van der Waals surface area contributed by atoms with E-state index in [2.05, 4.69) is 56.5 Å². The molecule has 2 aromatic carbocycles. The van der Waals surface area contributed by atoms with E-state index in [-0.39, 0.29) is 31.2 Å². The first-order valence-corrected chi connectivity index (χ1v) is 26.6. The zero-order chi connectivity index (χ0) is 39.5. The van der Waals surface area contributed by atoms with Crippen LogP contribution in [0.15, 0.2) is 55.3 Å². The third-order valence-corrected chi connectivity index (χ3v) is 13.5. The highest BCUT2D eigenvalue weighted by Gasteiger charge is 2.38. The number of urea groups is 1. The highest BCUT2D eigenvalue weighted by atomic mass is 28.3. The van der Waals surface area contributed by atoms with Crippen LogP contribution in [-0.2, 0) is 42.4 Å². The minimum absolute atomic E-state index is 0.0781. The molecule has 55 heavy (non-hydrogen) atoms. The van der Waals surface area contributed by atoms with Crippen molar-refractivity contribution >= 4 is 33.1 Å². The van der Waals surface area contributed by atoms with Crippen molar-refractivity contribution in [3.63, 3.8) is 0 Å². The third-order valence-electron chi connectivity index (χ3n) is 10.1. The number of nitrogens with zero attached hydrogens (tertiary/aromatic N) is 7. The minimum Gasteiger partial charge on any atom is -0.462 e. The first kappa shape index (κ1) is 40.1. The van der Waals surface area contributed by atoms with Crippen molar-refractivity contribution in [1.29, 1.82) is 5.26 Å². The lowest BCUT2D eigenvalue weighted by Gasteiger charge is -2.37. The molecule has 2 aromatic heterocycles. The van der Waals surface area contributed by atoms with Gasteiger partial charge >= 0.3 is 6.03 Å². The number of rotatable bonds is 16. The zero-order valence-corrected chi connectivity index (χ0v) is 35.3. The SMILES string of the molecule is C=C/C=C\Oc1cc(CC)c(-c2ccc3c(-c4nc5c(n4COCC[Si](C)(C)C)CN(C(=O)N4CC(C#N)C4)C5)nn(COCC[Si](C)(C)C)c3c2)cc1F. The number of carbonyl (C=O) groups excluding carboxylic acids is 1. The number of hydrogen-bond acceptors (Lipinski definition) is 7. The van der Waals surface area contributed by atoms with Gasteiger partial charge in [0.2, 0.25) is 0 Å². The number of amides is 2. The Bertz CT molecular complexity index is 2120. The van der Waals surface area contributed by atoms with Crippen molar-refractivity contribution in [3.8, 4) is 34.5 Å². The number of carbonyl (C=O) groups is 1. The Hall–Kier alpha value is -4.56. The van der Waals surface area contributed by atoms with Crippen molar-refractivity contribution in [1.82, 2.24) is 29.1 Å². The summed E-state index contributed by atoms with van der Waals surface area (Å²) in [6.45, 7) is 23.1. The molecule has 292 valence electrons. The molecule has 0 spiro atoms. The van der Waals surface area contributed by atoms with Crippen LogP contribution in [0.5, 0.6) is 5.75 Å². The smallest absolute Gasteiger partial charge is 0.320 e. The van der Waals surface area contributed by atoms with Gasteiger partial charge in [-0.1, -0.05) is 64.9 Å². The Balaban J connectivity index is 1.39. The predicted molar refractivity (Wildman–Crippen MR) is 219 cm³/mol. The second kappa shape index (κ2) is 16.7. The van der Waals surface area contributed by atoms with E-state index in [0.29, 0.717) is 57.3 Å². The summed E-state index contributed by atoms with van der Waals surface area (Å²) in [5, 5.41) is 15.3. The van der Waals surface area contributed by atoms with Crippen molar-refractivity contribution in [2.45, 2.75) is 91.3 Å². The van der Waals surface area contributed by atoms with Crippen LogP contribution in [0, 0.1) is 23.1 Å². The van der Waals surface area contributed by atoms with Crippen molar-refractivity contribution in [2.75, 3.05) is 26.3 Å². The van der Waals surface area contributed by atoms with Crippen LogP contribution in [0.2, 0.25) is 51.4 Å². The van der Waals surface area contributed by atoms with Gasteiger partial charge < -0.3 is 28.6 Å². The molecule has 4 heterocycles. The quantitative estimate of drug-likeness (QED) is 0.0483. The summed E-state index contributed by atoms with van der Waals surface area (Å²) in [5.74, 6) is 0.265. The molecule has 2 aliphatic heterocycles. The zero-order valence-electron chi connectivity index (χ0n) is 33.3. The first-order valence-electron chi connectivity index (χ1n) is 19.1. The molecule has 11 nitrogen and oxygen atoms in total. The number of likely N-dealkylation sites (tertiary alicyclic amines) is 1. The number of nitriles is 1. The Morgan fingerprint density at radius 1 is 1.02 bits per heavy atom. The van der Waals surface area contributed by atoms with Crippen LogP contribution in [-0.4, -0.2) is 77.6 Å². The average Bonchev–Trinajstić information content (AvgIpc) is 3.79. The van der Waals surface area contributed by atoms with E-state index < -0.39 is 22.0 Å². The fraction of sp³-hybridized carbons (Fsp3) is 0.463. The van der Waals surface area contributed by atoms with Crippen LogP contribution in [0.4, 0.5) is 9.18 Å². The molecule has 1 saturated heterocycles. The number of aryl methyl sites for hydroxylation is 1. The maximum atomic E-state index is 15.4. The number of ether oxygens (including phenoxy) is 3. The molecule has 0 atom stereocenters. The van der Waals surface area contributed by atoms with E-state index in [9.17, 15) is 10.1 Å². The average molecular weight is 784 g/mol. The molecule has 1 fully saturated rings. The molecule has 0 saturated carbocycles. The molecule has 0 radical (unpaired) electrons. The Labute approximate surface area is 326 Å². The van der Waals surface area contributed by atoms with Crippen LogP contribution in [0.25, 0.3) is 33.5 Å². The normalized spacial score (nSPS) is 14.8. The van der Waals surface area contributed by atoms with Crippen LogP contribution in [0.1, 0.15) is 23.9 Å². The van der Waals surface area contributed by atoms with Gasteiger partial charge in [0.1, 0.15) is 19.2 Å². The minimum atomic E-state index is -1.33. The number of fused-ring (bicyclic) bond motifs is 2. The summed E-state index contributed by atoms with van der Waals surface area (Å²) >= 11 is 0. The number of allylic oxidation sites excluding steroid dienone is 2. The fourth-order valence-electron chi connectivity index (χ4n) is 6.71. The fourth-order valence-corrected chi connectivity index (χ4v) is 8.23. The molecule has 0 bridgehead atoms. The van der Waals surface area contributed by atoms with Gasteiger partial charge in [0.15, 0.2) is 17.4 Å². The van der Waals surface area contributed by atoms with E-state index in [4.69, 9.17) is 24.3 Å². The molecule has 2 aliphatic rings. The molecule has 0 aliphatic carbocycles. The number of aromatic nitrogens is 4. The van der Waals surface area contributed by atoms with Crippen LogP contribution in [0.3, 0.4) is 0 Å². The van der Waals surface area contributed by atoms with E-state index >= 15 is 4.39 Å². The molecule has 0 unspecified atom stereocenters. The largest absolute Gasteiger partial charge is 0.462 e. The topological polar surface area (TPSA) is 111 Å². The highest BCUT2D eigenvalue weighted by molar-refractivity contribution is 6.76. The van der Waals surface area contributed by atoms with E-state index in [1.807, 2.05) is 29.8 Å². The van der Waals surface area contributed by atoms with Crippen molar-refractivity contribution in [2.24, 2.45) is 5.92 Å². The van der Waals surface area contributed by atoms with Gasteiger partial charge in [0, 0.05) is 47.8 Å². The Kier molecular flexibility index (Phi) is 12.2. The van der Waals surface area contributed by atoms with Gasteiger partial charge in [-0.05, 0) is 65.5 Å². The van der Waals surface area contributed by atoms with Crippen molar-refractivity contribution < 1.29 is 23.4 Å². The summed E-state index contributed by atoms with van der Waals surface area (Å²) in [6, 6.07) is 13.6. The second-order valence-electron chi connectivity index (χ2n) is 16.9. The number of benzene rings is 2. The maximum absolute atomic E-state index is 15.4. The second-order valence-corrected chi connectivity index (χ2v) is 28.1. The summed E-state index contributed by atoms with van der Waals surface area (Å²) in [7, 11) is -2.66. The lowest BCUT2D eigenvalue weighted by atomic mass is 9.96. The lowest BCUT2D eigenvalue weighted by molar-refractivity contribution is 0.0811. The molecule has 2 amide bonds. The summed E-state index contributed by atoms with van der Waals surface area (Å²) in [5.41, 5.74) is 5.85. The molecule has 14 heteroatoms. The number of halogens is 1. The molecule has 6 rings (SSSR count). The highest BCUT2D eigenvalue weighted by Crippen LogP contribution is 2.37. The van der Waals surface area contributed by atoms with E-state index in [0.717, 1.165) is 51.1 Å². The Morgan fingerprint density at radius 2 is 1.73 bits per heavy atom. The summed E-state index contributed by atoms with van der Waals surface area (Å²) in [6.07, 6.45) is 5.29. The third kappa shape index (κ3) is 9.29. The predicted octanol–water partition coefficient (Wildman–Crippen LogP) is 8.86. The summed E-state index contributed by atoms with van der Waals surface area (Å²) in [4.78, 5) is 22.0. The molecule has 0 N–H and O–H groups in total. The van der Waals surface area contributed by atoms with Crippen molar-refractivity contribution in [3.05, 3.63) is 78.1 Å². The van der Waals surface area contributed by atoms with Gasteiger partial charge in [-0.2, -0.15) is 10.4 Å². The Morgan fingerprint density at radius 3 is 2.38 bits per heavy atom.